The van der Waals surface area contributed by atoms with Gasteiger partial charge in [-0.15, -0.1) is 0 Å². The van der Waals surface area contributed by atoms with Gasteiger partial charge in [0.1, 0.15) is 5.58 Å². The van der Waals surface area contributed by atoms with Crippen LogP contribution < -0.4 is 5.32 Å². The Labute approximate surface area is 142 Å². The predicted molar refractivity (Wildman–Crippen MR) is 97.0 cm³/mol. The van der Waals surface area contributed by atoms with Crippen LogP contribution in [-0.2, 0) is 11.2 Å². The van der Waals surface area contributed by atoms with Crippen LogP contribution in [0, 0.1) is 5.92 Å². The summed E-state index contributed by atoms with van der Waals surface area (Å²) in [4.78, 5) is 12.5. The zero-order valence-corrected chi connectivity index (χ0v) is 14.0. The summed E-state index contributed by atoms with van der Waals surface area (Å²) in [5, 5.41) is 6.61. The maximum atomic E-state index is 12.5. The van der Waals surface area contributed by atoms with E-state index < -0.39 is 0 Å². The first kappa shape index (κ1) is 15.3. The minimum Gasteiger partial charge on any atom is -0.464 e. The molecule has 1 aromatic heterocycles. The quantitative estimate of drug-likeness (QED) is 0.751. The molecule has 1 aliphatic rings. The number of carbonyl (C=O) groups is 1. The van der Waals surface area contributed by atoms with Crippen LogP contribution >= 0.6 is 0 Å². The zero-order valence-electron chi connectivity index (χ0n) is 14.0. The van der Waals surface area contributed by atoms with Gasteiger partial charge in [-0.3, -0.25) is 4.79 Å². The fourth-order valence-electron chi connectivity index (χ4n) is 3.86. The first-order valence-electron chi connectivity index (χ1n) is 8.88. The molecule has 124 valence electrons. The summed E-state index contributed by atoms with van der Waals surface area (Å²) in [5.74, 6) is 0.896. The van der Waals surface area contributed by atoms with Crippen LogP contribution in [0.15, 0.2) is 47.1 Å². The van der Waals surface area contributed by atoms with E-state index in [-0.39, 0.29) is 5.91 Å². The number of benzene rings is 2. The molecular formula is C21H23NO2. The van der Waals surface area contributed by atoms with E-state index in [1.165, 1.54) is 18.2 Å². The van der Waals surface area contributed by atoms with Crippen molar-refractivity contribution in [3.05, 3.63) is 48.2 Å². The van der Waals surface area contributed by atoms with Gasteiger partial charge in [0, 0.05) is 17.0 Å². The standard InChI is InChI=1S/C21H23NO2/c1-14-6-9-17(10-7-14)22-20(23)12-16-13-24-19-11-8-15-4-2-3-5-18(15)21(16)19/h2-5,8,11,13-14,17H,6-7,9-10,12H2,1H3,(H,22,23). The lowest BCUT2D eigenvalue weighted by Gasteiger charge is -2.26. The van der Waals surface area contributed by atoms with Crippen LogP contribution in [0.3, 0.4) is 0 Å². The third kappa shape index (κ3) is 2.91. The first-order valence-corrected chi connectivity index (χ1v) is 8.88. The van der Waals surface area contributed by atoms with Crippen molar-refractivity contribution in [3.8, 4) is 0 Å². The summed E-state index contributed by atoms with van der Waals surface area (Å²) < 4.78 is 5.68. The normalized spacial score (nSPS) is 21.2. The number of rotatable bonds is 3. The number of furan rings is 1. The monoisotopic (exact) mass is 321 g/mol. The van der Waals surface area contributed by atoms with Crippen molar-refractivity contribution < 1.29 is 9.21 Å². The molecule has 2 aromatic carbocycles. The number of nitrogens with one attached hydrogen (secondary N) is 1. The molecule has 3 aromatic rings. The van der Waals surface area contributed by atoms with Crippen molar-refractivity contribution >= 4 is 27.6 Å². The molecule has 3 heteroatoms. The van der Waals surface area contributed by atoms with Gasteiger partial charge in [0.15, 0.2) is 0 Å². The number of carbonyl (C=O) groups excluding carboxylic acids is 1. The maximum Gasteiger partial charge on any atom is 0.224 e. The summed E-state index contributed by atoms with van der Waals surface area (Å²) in [6.07, 6.45) is 6.74. The molecule has 3 nitrogen and oxygen atoms in total. The second-order valence-electron chi connectivity index (χ2n) is 7.12. The minimum atomic E-state index is 0.102. The smallest absolute Gasteiger partial charge is 0.224 e. The molecule has 1 fully saturated rings. The Kier molecular flexibility index (Phi) is 4.01. The Hall–Kier alpha value is -2.29. The average molecular weight is 321 g/mol. The van der Waals surface area contributed by atoms with Crippen molar-refractivity contribution in [1.82, 2.24) is 5.32 Å². The van der Waals surface area contributed by atoms with Crippen molar-refractivity contribution in [1.29, 1.82) is 0 Å². The fourth-order valence-corrected chi connectivity index (χ4v) is 3.86. The molecule has 0 radical (unpaired) electrons. The number of amides is 1. The third-order valence-corrected chi connectivity index (χ3v) is 5.27. The van der Waals surface area contributed by atoms with Crippen molar-refractivity contribution in [2.24, 2.45) is 5.92 Å². The Balaban J connectivity index is 1.56. The van der Waals surface area contributed by atoms with Crippen LogP contribution in [0.1, 0.15) is 38.2 Å². The van der Waals surface area contributed by atoms with Crippen LogP contribution in [0.5, 0.6) is 0 Å². The largest absolute Gasteiger partial charge is 0.464 e. The SMILES string of the molecule is CC1CCC(NC(=O)Cc2coc3ccc4ccccc4c23)CC1. The molecule has 0 saturated heterocycles. The highest BCUT2D eigenvalue weighted by atomic mass is 16.3. The molecular weight excluding hydrogens is 298 g/mol. The van der Waals surface area contributed by atoms with Crippen molar-refractivity contribution in [2.75, 3.05) is 0 Å². The van der Waals surface area contributed by atoms with Gasteiger partial charge in [-0.25, -0.2) is 0 Å². The Morgan fingerprint density at radius 2 is 1.92 bits per heavy atom. The van der Waals surface area contributed by atoms with Gasteiger partial charge in [0.25, 0.3) is 0 Å². The Bertz CT molecular complexity index is 872. The third-order valence-electron chi connectivity index (χ3n) is 5.27. The second-order valence-corrected chi connectivity index (χ2v) is 7.12. The first-order chi connectivity index (χ1) is 11.7. The van der Waals surface area contributed by atoms with Gasteiger partial charge in [0.05, 0.1) is 12.7 Å². The van der Waals surface area contributed by atoms with Gasteiger partial charge < -0.3 is 9.73 Å². The number of hydrogen-bond donors (Lipinski definition) is 1. The topological polar surface area (TPSA) is 42.2 Å². The Morgan fingerprint density at radius 3 is 2.75 bits per heavy atom. The van der Waals surface area contributed by atoms with Crippen molar-refractivity contribution in [3.63, 3.8) is 0 Å². The van der Waals surface area contributed by atoms with E-state index in [4.69, 9.17) is 4.42 Å². The zero-order chi connectivity index (χ0) is 16.5. The summed E-state index contributed by atoms with van der Waals surface area (Å²) >= 11 is 0. The Morgan fingerprint density at radius 1 is 1.12 bits per heavy atom. The molecule has 1 heterocycles. The molecule has 1 amide bonds. The van der Waals surface area contributed by atoms with E-state index >= 15 is 0 Å². The highest BCUT2D eigenvalue weighted by Crippen LogP contribution is 2.30. The average Bonchev–Trinajstić information content (AvgIpc) is 3.00. The highest BCUT2D eigenvalue weighted by Gasteiger charge is 2.20. The number of fused-ring (bicyclic) bond motifs is 3. The highest BCUT2D eigenvalue weighted by molar-refractivity contribution is 6.08. The lowest BCUT2D eigenvalue weighted by atomic mass is 9.87. The molecule has 1 aliphatic carbocycles. The van der Waals surface area contributed by atoms with Crippen LogP contribution in [0.25, 0.3) is 21.7 Å². The summed E-state index contributed by atoms with van der Waals surface area (Å²) in [7, 11) is 0. The van der Waals surface area contributed by atoms with Crippen molar-refractivity contribution in [2.45, 2.75) is 45.1 Å². The van der Waals surface area contributed by atoms with E-state index in [0.717, 1.165) is 40.7 Å². The van der Waals surface area contributed by atoms with Gasteiger partial charge in [-0.2, -0.15) is 0 Å². The van der Waals surface area contributed by atoms with E-state index in [9.17, 15) is 4.79 Å². The van der Waals surface area contributed by atoms with E-state index in [0.29, 0.717) is 12.5 Å². The van der Waals surface area contributed by atoms with E-state index in [2.05, 4.69) is 30.4 Å². The summed E-state index contributed by atoms with van der Waals surface area (Å²) in [5.41, 5.74) is 1.83. The summed E-state index contributed by atoms with van der Waals surface area (Å²) in [6.45, 7) is 2.29. The van der Waals surface area contributed by atoms with Gasteiger partial charge in [0.2, 0.25) is 5.91 Å². The molecule has 24 heavy (non-hydrogen) atoms. The van der Waals surface area contributed by atoms with Crippen LogP contribution in [-0.4, -0.2) is 11.9 Å². The van der Waals surface area contributed by atoms with E-state index in [1.807, 2.05) is 18.2 Å². The molecule has 0 aliphatic heterocycles. The molecule has 4 rings (SSSR count). The van der Waals surface area contributed by atoms with Crippen LogP contribution in [0.2, 0.25) is 0 Å². The van der Waals surface area contributed by atoms with Gasteiger partial charge >= 0.3 is 0 Å². The predicted octanol–water partition coefficient (Wildman–Crippen LogP) is 4.82. The number of hydrogen-bond acceptors (Lipinski definition) is 2. The molecule has 0 unspecified atom stereocenters. The van der Waals surface area contributed by atoms with Gasteiger partial charge in [-0.05, 0) is 48.4 Å². The molecule has 1 N–H and O–H groups in total. The second kappa shape index (κ2) is 6.31. The maximum absolute atomic E-state index is 12.5. The molecule has 1 saturated carbocycles. The van der Waals surface area contributed by atoms with E-state index in [1.54, 1.807) is 6.26 Å². The molecule has 0 spiro atoms. The minimum absolute atomic E-state index is 0.102. The van der Waals surface area contributed by atoms with Crippen LogP contribution in [0.4, 0.5) is 0 Å². The van der Waals surface area contributed by atoms with Gasteiger partial charge in [-0.1, -0.05) is 37.3 Å². The molecule has 0 bridgehead atoms. The lowest BCUT2D eigenvalue weighted by Crippen LogP contribution is -2.38. The summed E-state index contributed by atoms with van der Waals surface area (Å²) in [6, 6.07) is 12.6. The fraction of sp³-hybridized carbons (Fsp3) is 0.381. The lowest BCUT2D eigenvalue weighted by molar-refractivity contribution is -0.121. The molecule has 0 atom stereocenters.